The van der Waals surface area contributed by atoms with Gasteiger partial charge in [0.15, 0.2) is 0 Å². The van der Waals surface area contributed by atoms with Crippen LogP contribution in [0.15, 0.2) is 9.66 Å². The Balaban J connectivity index is 6.73. The maximum absolute atomic E-state index is 13.4. The number of halogens is 18. The highest BCUT2D eigenvalue weighted by molar-refractivity contribution is 14.1. The van der Waals surface area contributed by atoms with E-state index < -0.39 is 70.3 Å². The molecule has 1 nitrogen and oxygen atoms in total. The topological polar surface area (TPSA) is 20.2 Å². The molecule has 0 atom stereocenters. The van der Waals surface area contributed by atoms with E-state index in [0.717, 1.165) is 0 Å². The Morgan fingerprint density at radius 1 is 0.548 bits per heavy atom. The highest BCUT2D eigenvalue weighted by Gasteiger charge is 2.95. The monoisotopic (exact) mass is 616 g/mol. The van der Waals surface area contributed by atoms with Gasteiger partial charge in [-0.25, -0.2) is 0 Å². The maximum Gasteiger partial charge on any atom is 0.460 e. The van der Waals surface area contributed by atoms with Crippen molar-refractivity contribution in [3.8, 4) is 0 Å². The molecule has 0 fully saturated rings. The van der Waals surface area contributed by atoms with Crippen LogP contribution in [-0.4, -0.2) is 59.3 Å². The van der Waals surface area contributed by atoms with Crippen LogP contribution >= 0.6 is 22.6 Å². The molecule has 0 unspecified atom stereocenters. The van der Waals surface area contributed by atoms with Crippen molar-refractivity contribution in [1.82, 2.24) is 0 Å². The summed E-state index contributed by atoms with van der Waals surface area (Å²) in [7, 11) is 0. The van der Waals surface area contributed by atoms with Gasteiger partial charge in [0, 0.05) is 19.1 Å². The maximum atomic E-state index is 13.4. The molecular weight excluding hydrogens is 610 g/mol. The van der Waals surface area contributed by atoms with Gasteiger partial charge in [0.25, 0.3) is 0 Å². The van der Waals surface area contributed by atoms with E-state index in [1.165, 1.54) is 0 Å². The fraction of sp³-hybridized carbons (Fsp3) is 0.833. The summed E-state index contributed by atoms with van der Waals surface area (Å²) in [5, 5.41) is 8.37. The van der Waals surface area contributed by atoms with Crippen molar-refractivity contribution >= 4 is 22.6 Å². The Kier molecular flexibility index (Phi) is 8.03. The standard InChI is InChI=1S/C12H6F17IO/c13-5(14,3-4(30)1-2-31)6(15,16)7(17,18)8(19,20)9(21,22)10(23,24)11(25,26)12(27,28)29/h3,31H,1-2H2. The Morgan fingerprint density at radius 3 is 1.13 bits per heavy atom. The summed E-state index contributed by atoms with van der Waals surface area (Å²) in [5.41, 5.74) is 0. The van der Waals surface area contributed by atoms with Gasteiger partial charge in [-0.2, -0.15) is 74.6 Å². The van der Waals surface area contributed by atoms with E-state index in [2.05, 4.69) is 0 Å². The molecule has 0 aliphatic carbocycles. The van der Waals surface area contributed by atoms with Crippen LogP contribution in [0, 0.1) is 0 Å². The molecule has 1 N–H and O–H groups in total. The van der Waals surface area contributed by atoms with Gasteiger partial charge in [-0.3, -0.25) is 0 Å². The summed E-state index contributed by atoms with van der Waals surface area (Å²) in [6, 6.07) is 0. The lowest BCUT2D eigenvalue weighted by molar-refractivity contribution is -0.459. The first-order valence-electron chi connectivity index (χ1n) is 6.90. The molecule has 19 heteroatoms. The van der Waals surface area contributed by atoms with Crippen molar-refractivity contribution in [2.45, 2.75) is 54.1 Å². The average molecular weight is 616 g/mol. The zero-order valence-electron chi connectivity index (χ0n) is 13.7. The summed E-state index contributed by atoms with van der Waals surface area (Å²) in [6.45, 7) is -1.11. The Morgan fingerprint density at radius 2 is 0.839 bits per heavy atom. The molecule has 0 saturated carbocycles. The van der Waals surface area contributed by atoms with E-state index in [-0.39, 0.29) is 0 Å². The van der Waals surface area contributed by atoms with Crippen molar-refractivity contribution in [1.29, 1.82) is 0 Å². The van der Waals surface area contributed by atoms with Gasteiger partial charge in [0.2, 0.25) is 0 Å². The number of aliphatic hydroxyl groups is 1. The number of aliphatic hydroxyl groups excluding tert-OH is 1. The predicted molar refractivity (Wildman–Crippen MR) is 74.5 cm³/mol. The molecular formula is C12H6F17IO. The van der Waals surface area contributed by atoms with Crippen LogP contribution in [-0.2, 0) is 0 Å². The van der Waals surface area contributed by atoms with E-state index in [1.807, 2.05) is 0 Å². The second-order valence-corrected chi connectivity index (χ2v) is 7.02. The first kappa shape index (κ1) is 30.2. The van der Waals surface area contributed by atoms with Crippen LogP contribution in [0.4, 0.5) is 74.6 Å². The van der Waals surface area contributed by atoms with Gasteiger partial charge in [-0.05, 0) is 26.2 Å². The molecule has 31 heavy (non-hydrogen) atoms. The van der Waals surface area contributed by atoms with E-state index in [1.54, 1.807) is 0 Å². The van der Waals surface area contributed by atoms with Gasteiger partial charge in [0.1, 0.15) is 0 Å². The van der Waals surface area contributed by atoms with Crippen LogP contribution in [0.5, 0.6) is 0 Å². The van der Waals surface area contributed by atoms with Crippen molar-refractivity contribution in [3.63, 3.8) is 0 Å². The minimum Gasteiger partial charge on any atom is -0.396 e. The molecule has 0 aromatic heterocycles. The summed E-state index contributed by atoms with van der Waals surface area (Å²) in [5.74, 6) is -56.5. The second-order valence-electron chi connectivity index (χ2n) is 5.63. The van der Waals surface area contributed by atoms with E-state index in [9.17, 15) is 74.6 Å². The first-order valence-corrected chi connectivity index (χ1v) is 7.98. The largest absolute Gasteiger partial charge is 0.460 e. The summed E-state index contributed by atoms with van der Waals surface area (Å²) in [4.78, 5) is 0. The molecule has 0 spiro atoms. The summed E-state index contributed by atoms with van der Waals surface area (Å²) >= 11 is 0.667. The quantitative estimate of drug-likeness (QED) is 0.226. The van der Waals surface area contributed by atoms with Crippen molar-refractivity contribution in [3.05, 3.63) is 9.66 Å². The highest BCUT2D eigenvalue weighted by Crippen LogP contribution is 2.64. The lowest BCUT2D eigenvalue weighted by atomic mass is 9.89. The normalized spacial score (nSPS) is 16.7. The third-order valence-corrected chi connectivity index (χ3v) is 4.29. The van der Waals surface area contributed by atoms with Crippen molar-refractivity contribution < 1.29 is 79.7 Å². The highest BCUT2D eigenvalue weighted by atomic mass is 127. The van der Waals surface area contributed by atoms with E-state index >= 15 is 0 Å². The van der Waals surface area contributed by atoms with Crippen LogP contribution in [0.2, 0.25) is 0 Å². The lowest BCUT2D eigenvalue weighted by Gasteiger charge is -2.42. The summed E-state index contributed by atoms with van der Waals surface area (Å²) in [6.07, 6.45) is -10.0. The van der Waals surface area contributed by atoms with Crippen LogP contribution in [0.1, 0.15) is 6.42 Å². The van der Waals surface area contributed by atoms with Gasteiger partial charge in [-0.15, -0.1) is 0 Å². The van der Waals surface area contributed by atoms with Crippen LogP contribution in [0.25, 0.3) is 0 Å². The molecule has 0 aliphatic heterocycles. The Bertz CT molecular complexity index is 677. The van der Waals surface area contributed by atoms with Gasteiger partial charge in [0.05, 0.1) is 0 Å². The Labute approximate surface area is 173 Å². The van der Waals surface area contributed by atoms with Crippen molar-refractivity contribution in [2.24, 2.45) is 0 Å². The van der Waals surface area contributed by atoms with Gasteiger partial charge >= 0.3 is 47.6 Å². The van der Waals surface area contributed by atoms with E-state index in [4.69, 9.17) is 5.11 Å². The molecule has 0 saturated heterocycles. The number of hydrogen-bond acceptors (Lipinski definition) is 1. The lowest BCUT2D eigenvalue weighted by Crippen LogP contribution is -2.74. The third kappa shape index (κ3) is 4.40. The zero-order chi connectivity index (χ0) is 25.7. The Hall–Kier alpha value is -0.760. The van der Waals surface area contributed by atoms with E-state index in [0.29, 0.717) is 22.6 Å². The van der Waals surface area contributed by atoms with Gasteiger partial charge in [-0.1, -0.05) is 0 Å². The molecule has 0 bridgehead atoms. The predicted octanol–water partition coefficient (Wildman–Crippen LogP) is 6.70. The fourth-order valence-electron chi connectivity index (χ4n) is 1.64. The SMILES string of the molecule is OCCC(I)=CC(F)(F)C(F)(F)C(F)(F)C(F)(F)C(F)(F)C(F)(F)C(F)(F)C(F)(F)F. The number of alkyl halides is 17. The molecule has 0 aromatic rings. The number of rotatable bonds is 9. The smallest absolute Gasteiger partial charge is 0.396 e. The first-order chi connectivity index (χ1) is 13.2. The minimum absolute atomic E-state index is 0.667. The number of allylic oxidation sites excluding steroid dienone is 1. The number of hydrogen-bond donors (Lipinski definition) is 1. The third-order valence-electron chi connectivity index (χ3n) is 3.43. The molecule has 186 valence electrons. The second kappa shape index (κ2) is 8.23. The molecule has 0 radical (unpaired) electrons. The molecule has 0 aromatic carbocycles. The van der Waals surface area contributed by atoms with Crippen LogP contribution in [0.3, 0.4) is 0 Å². The van der Waals surface area contributed by atoms with Crippen LogP contribution < -0.4 is 0 Å². The molecule has 0 heterocycles. The zero-order valence-corrected chi connectivity index (χ0v) is 15.9. The summed E-state index contributed by atoms with van der Waals surface area (Å²) < 4.78 is 219. The fourth-order valence-corrected chi connectivity index (χ4v) is 2.27. The van der Waals surface area contributed by atoms with Crippen molar-refractivity contribution in [2.75, 3.05) is 6.61 Å². The molecule has 0 aliphatic rings. The van der Waals surface area contributed by atoms with Gasteiger partial charge < -0.3 is 5.11 Å². The molecule has 0 rings (SSSR count). The average Bonchev–Trinajstić information content (AvgIpc) is 2.52. The minimum atomic E-state index is -8.63. The molecule has 0 amide bonds.